The highest BCUT2D eigenvalue weighted by atomic mass is 35.5. The van der Waals surface area contributed by atoms with Gasteiger partial charge in [0, 0.05) is 5.02 Å². The van der Waals surface area contributed by atoms with E-state index in [4.69, 9.17) is 21.4 Å². The van der Waals surface area contributed by atoms with E-state index in [0.717, 1.165) is 11.1 Å². The highest BCUT2D eigenvalue weighted by Crippen LogP contribution is 2.25. The molecular formula is C15H20ClNO4S. The first-order chi connectivity index (χ1) is 10.3. The fraction of sp³-hybridized carbons (Fsp3) is 0.467. The Morgan fingerprint density at radius 1 is 1.36 bits per heavy atom. The Labute approximate surface area is 139 Å². The number of carbonyl (C=O) groups excluding carboxylic acids is 1. The number of halogens is 1. The molecule has 7 heteroatoms. The number of thioether (sulfide) groups is 1. The predicted molar refractivity (Wildman–Crippen MR) is 89.0 cm³/mol. The van der Waals surface area contributed by atoms with Crippen LogP contribution < -0.4 is 10.1 Å². The van der Waals surface area contributed by atoms with Crippen molar-refractivity contribution in [3.05, 3.63) is 28.3 Å². The van der Waals surface area contributed by atoms with Crippen molar-refractivity contribution in [1.82, 2.24) is 5.32 Å². The number of aryl methyl sites for hydroxylation is 2. The molecule has 122 valence electrons. The molecule has 0 fully saturated rings. The summed E-state index contributed by atoms with van der Waals surface area (Å²) in [7, 11) is 0. The van der Waals surface area contributed by atoms with E-state index in [-0.39, 0.29) is 6.61 Å². The molecule has 0 bridgehead atoms. The van der Waals surface area contributed by atoms with Crippen LogP contribution in [0.15, 0.2) is 12.1 Å². The summed E-state index contributed by atoms with van der Waals surface area (Å²) in [5, 5.41) is 12.2. The van der Waals surface area contributed by atoms with E-state index in [0.29, 0.717) is 22.9 Å². The molecule has 0 aromatic heterocycles. The molecule has 1 aromatic carbocycles. The van der Waals surface area contributed by atoms with Crippen molar-refractivity contribution in [3.8, 4) is 5.75 Å². The fourth-order valence-corrected chi connectivity index (χ4v) is 2.45. The lowest BCUT2D eigenvalue weighted by Crippen LogP contribution is -2.43. The van der Waals surface area contributed by atoms with Crippen LogP contribution in [0.2, 0.25) is 5.02 Å². The molecule has 1 amide bonds. The van der Waals surface area contributed by atoms with Crippen LogP contribution in [-0.2, 0) is 9.59 Å². The van der Waals surface area contributed by atoms with Crippen LogP contribution in [0.1, 0.15) is 17.5 Å². The van der Waals surface area contributed by atoms with Crippen molar-refractivity contribution in [2.45, 2.75) is 26.3 Å². The third kappa shape index (κ3) is 5.77. The van der Waals surface area contributed by atoms with Gasteiger partial charge >= 0.3 is 5.97 Å². The number of carboxylic acids is 1. The fourth-order valence-electron chi connectivity index (χ4n) is 1.87. The zero-order valence-electron chi connectivity index (χ0n) is 12.8. The van der Waals surface area contributed by atoms with E-state index in [2.05, 4.69) is 5.32 Å². The second-order valence-electron chi connectivity index (χ2n) is 4.90. The average molecular weight is 346 g/mol. The number of hydrogen-bond donors (Lipinski definition) is 2. The Morgan fingerprint density at radius 2 is 1.95 bits per heavy atom. The molecule has 0 radical (unpaired) electrons. The van der Waals surface area contributed by atoms with E-state index in [1.165, 1.54) is 11.8 Å². The summed E-state index contributed by atoms with van der Waals surface area (Å²) in [5.74, 6) is -0.307. The first-order valence-corrected chi connectivity index (χ1v) is 8.53. The molecule has 1 rings (SSSR count). The number of ether oxygens (including phenoxy) is 1. The van der Waals surface area contributed by atoms with E-state index in [1.807, 2.05) is 20.1 Å². The van der Waals surface area contributed by atoms with Gasteiger partial charge in [0.05, 0.1) is 0 Å². The van der Waals surface area contributed by atoms with E-state index < -0.39 is 17.9 Å². The van der Waals surface area contributed by atoms with Crippen LogP contribution in [0.3, 0.4) is 0 Å². The second kappa shape index (κ2) is 8.90. The Balaban J connectivity index is 2.56. The molecule has 1 aromatic rings. The van der Waals surface area contributed by atoms with Crippen molar-refractivity contribution in [3.63, 3.8) is 0 Å². The topological polar surface area (TPSA) is 75.6 Å². The third-order valence-electron chi connectivity index (χ3n) is 3.02. The summed E-state index contributed by atoms with van der Waals surface area (Å²) >= 11 is 7.59. The van der Waals surface area contributed by atoms with Gasteiger partial charge < -0.3 is 15.2 Å². The zero-order chi connectivity index (χ0) is 16.7. The number of carboxylic acid groups (broad SMARTS) is 1. The summed E-state index contributed by atoms with van der Waals surface area (Å²) in [5.41, 5.74) is 1.72. The summed E-state index contributed by atoms with van der Waals surface area (Å²) in [6.07, 6.45) is 2.26. The smallest absolute Gasteiger partial charge is 0.326 e. The lowest BCUT2D eigenvalue weighted by molar-refractivity contribution is -0.142. The highest BCUT2D eigenvalue weighted by Gasteiger charge is 2.19. The van der Waals surface area contributed by atoms with Crippen molar-refractivity contribution in [2.24, 2.45) is 0 Å². The minimum Gasteiger partial charge on any atom is -0.484 e. The Bertz CT molecular complexity index is 527. The maximum atomic E-state index is 11.8. The summed E-state index contributed by atoms with van der Waals surface area (Å²) in [6.45, 7) is 3.47. The van der Waals surface area contributed by atoms with Crippen LogP contribution in [0.4, 0.5) is 0 Å². The van der Waals surface area contributed by atoms with Crippen LogP contribution in [0.25, 0.3) is 0 Å². The van der Waals surface area contributed by atoms with Crippen molar-refractivity contribution in [1.29, 1.82) is 0 Å². The zero-order valence-corrected chi connectivity index (χ0v) is 14.4. The molecule has 0 saturated carbocycles. The lowest BCUT2D eigenvalue weighted by Gasteiger charge is -2.15. The minimum absolute atomic E-state index is 0.233. The van der Waals surface area contributed by atoms with E-state index in [1.54, 1.807) is 12.1 Å². The molecule has 0 saturated heterocycles. The lowest BCUT2D eigenvalue weighted by atomic mass is 10.1. The molecule has 2 N–H and O–H groups in total. The first-order valence-electron chi connectivity index (χ1n) is 6.75. The first kappa shape index (κ1) is 18.6. The number of nitrogens with one attached hydrogen (secondary N) is 1. The number of hydrogen-bond acceptors (Lipinski definition) is 4. The average Bonchev–Trinajstić information content (AvgIpc) is 2.46. The van der Waals surface area contributed by atoms with Gasteiger partial charge in [0.15, 0.2) is 6.61 Å². The van der Waals surface area contributed by atoms with Gasteiger partial charge in [0.2, 0.25) is 0 Å². The number of carbonyl (C=O) groups is 2. The van der Waals surface area contributed by atoms with Gasteiger partial charge in [-0.3, -0.25) is 4.79 Å². The standard InChI is InChI=1S/C15H20ClNO4S/c1-9-6-11(7-10(2)14(9)16)21-8-13(18)17-12(15(19)20)4-5-22-3/h6-7,12H,4-5,8H2,1-3H3,(H,17,18)(H,19,20)/t12-/m1/s1. The van der Waals surface area contributed by atoms with E-state index >= 15 is 0 Å². The SMILES string of the molecule is CSCC[C@@H](NC(=O)COc1cc(C)c(Cl)c(C)c1)C(=O)O. The van der Waals surface area contributed by atoms with Gasteiger partial charge in [-0.25, -0.2) is 4.79 Å². The number of rotatable bonds is 8. The molecule has 0 aliphatic heterocycles. The van der Waals surface area contributed by atoms with Crippen LogP contribution in [0, 0.1) is 13.8 Å². The molecule has 0 unspecified atom stereocenters. The second-order valence-corrected chi connectivity index (χ2v) is 6.26. The molecule has 1 atom stereocenters. The third-order valence-corrected chi connectivity index (χ3v) is 4.26. The summed E-state index contributed by atoms with van der Waals surface area (Å²) in [6, 6.07) is 2.59. The normalized spacial score (nSPS) is 11.8. The molecule has 5 nitrogen and oxygen atoms in total. The minimum atomic E-state index is -1.04. The summed E-state index contributed by atoms with van der Waals surface area (Å²) in [4.78, 5) is 22.9. The predicted octanol–water partition coefficient (Wildman–Crippen LogP) is 2.66. The van der Waals surface area contributed by atoms with Gasteiger partial charge in [-0.1, -0.05) is 11.6 Å². The van der Waals surface area contributed by atoms with Gasteiger partial charge in [0.1, 0.15) is 11.8 Å². The van der Waals surface area contributed by atoms with E-state index in [9.17, 15) is 9.59 Å². The van der Waals surface area contributed by atoms with Crippen LogP contribution in [-0.4, -0.2) is 41.6 Å². The maximum Gasteiger partial charge on any atom is 0.326 e. The van der Waals surface area contributed by atoms with Crippen LogP contribution >= 0.6 is 23.4 Å². The Morgan fingerprint density at radius 3 is 2.45 bits per heavy atom. The molecule has 22 heavy (non-hydrogen) atoms. The van der Waals surface area contributed by atoms with Crippen LogP contribution in [0.5, 0.6) is 5.75 Å². The van der Waals surface area contributed by atoms with Gasteiger partial charge in [-0.05, 0) is 55.5 Å². The molecular weight excluding hydrogens is 326 g/mol. The maximum absolute atomic E-state index is 11.8. The monoisotopic (exact) mass is 345 g/mol. The number of aliphatic carboxylic acids is 1. The quantitative estimate of drug-likeness (QED) is 0.757. The van der Waals surface area contributed by atoms with Gasteiger partial charge in [-0.15, -0.1) is 0 Å². The summed E-state index contributed by atoms with van der Waals surface area (Å²) < 4.78 is 5.40. The number of benzene rings is 1. The number of amides is 1. The highest BCUT2D eigenvalue weighted by molar-refractivity contribution is 7.98. The molecule has 0 spiro atoms. The van der Waals surface area contributed by atoms with Gasteiger partial charge in [-0.2, -0.15) is 11.8 Å². The largest absolute Gasteiger partial charge is 0.484 e. The molecule has 0 aliphatic rings. The molecule has 0 aliphatic carbocycles. The molecule has 0 heterocycles. The van der Waals surface area contributed by atoms with Crippen molar-refractivity contribution in [2.75, 3.05) is 18.6 Å². The van der Waals surface area contributed by atoms with Crippen molar-refractivity contribution < 1.29 is 19.4 Å². The van der Waals surface area contributed by atoms with Gasteiger partial charge in [0.25, 0.3) is 5.91 Å². The Hall–Kier alpha value is -1.40. The Kier molecular flexibility index (Phi) is 7.55. The van der Waals surface area contributed by atoms with Crippen molar-refractivity contribution >= 4 is 35.2 Å².